The molecule has 0 aromatic heterocycles. The number of halogens is 12. The molecule has 0 heterocycles. The largest absolute Gasteiger partial charge is 0.398 e. The Hall–Kier alpha value is -1.14. The molecule has 0 bridgehead atoms. The maximum Gasteiger partial charge on any atom is 0.398 e. The second kappa shape index (κ2) is 5.57. The molecule has 0 spiro atoms. The molecule has 0 aliphatic rings. The topological polar surface area (TPSA) is 26.0 Å². The van der Waals surface area contributed by atoms with E-state index in [-0.39, 0.29) is 0 Å². The molecule has 0 aliphatic heterocycles. The zero-order valence-corrected chi connectivity index (χ0v) is 9.40. The first kappa shape index (κ1) is 19.9. The summed E-state index contributed by atoms with van der Waals surface area (Å²) in [4.78, 5) is 0. The van der Waals surface area contributed by atoms with Gasteiger partial charge in [0, 0.05) is 0 Å². The molecule has 1 atom stereocenters. The molecule has 0 aliphatic carbocycles. The average Bonchev–Trinajstić information content (AvgIpc) is 2.19. The first-order valence-electron chi connectivity index (χ1n) is 4.65. The van der Waals surface area contributed by atoms with Crippen LogP contribution in [0.2, 0.25) is 0 Å². The molecule has 0 radical (unpaired) electrons. The number of allylic oxidation sites excluding steroid dienone is 1. The molecular weight excluding hydrogens is 338 g/mol. The van der Waals surface area contributed by atoms with Gasteiger partial charge in [-0.1, -0.05) is 0 Å². The molecule has 0 saturated carbocycles. The van der Waals surface area contributed by atoms with Crippen LogP contribution in [-0.4, -0.2) is 24.3 Å². The SMILES string of the molecule is NC(F)(F)/C(F)=C(\F)C(F)(F)[C@H](CC(F)(F)F)C(F)(F)F. The molecule has 1 nitrogen and oxygen atoms in total. The molecule has 13 heteroatoms. The van der Waals surface area contributed by atoms with E-state index in [0.717, 1.165) is 0 Å². The van der Waals surface area contributed by atoms with Gasteiger partial charge in [-0.05, 0) is 0 Å². The van der Waals surface area contributed by atoms with E-state index in [2.05, 4.69) is 5.73 Å². The Morgan fingerprint density at radius 3 is 1.38 bits per heavy atom. The molecule has 21 heavy (non-hydrogen) atoms. The summed E-state index contributed by atoms with van der Waals surface area (Å²) in [6.45, 7) is 0. The number of alkyl halides is 10. The summed E-state index contributed by atoms with van der Waals surface area (Å²) in [5.41, 5.74) is 3.57. The molecule has 0 amide bonds. The van der Waals surface area contributed by atoms with Crippen LogP contribution in [0.4, 0.5) is 52.7 Å². The lowest BCUT2D eigenvalue weighted by molar-refractivity contribution is -0.267. The van der Waals surface area contributed by atoms with Gasteiger partial charge in [0.15, 0.2) is 0 Å². The number of nitrogens with two attached hydrogens (primary N) is 1. The van der Waals surface area contributed by atoms with Crippen LogP contribution < -0.4 is 5.73 Å². The van der Waals surface area contributed by atoms with Crippen molar-refractivity contribution < 1.29 is 52.7 Å². The maximum absolute atomic E-state index is 13.0. The van der Waals surface area contributed by atoms with E-state index < -0.39 is 48.3 Å². The smallest absolute Gasteiger partial charge is 0.266 e. The third-order valence-electron chi connectivity index (χ3n) is 2.05. The van der Waals surface area contributed by atoms with Gasteiger partial charge in [-0.25, -0.2) is 8.78 Å². The van der Waals surface area contributed by atoms with E-state index in [1.165, 1.54) is 0 Å². The quantitative estimate of drug-likeness (QED) is 0.592. The summed E-state index contributed by atoms with van der Waals surface area (Å²) in [6.07, 6.45) is -15.5. The van der Waals surface area contributed by atoms with E-state index in [0.29, 0.717) is 0 Å². The fourth-order valence-corrected chi connectivity index (χ4v) is 1.13. The van der Waals surface area contributed by atoms with Gasteiger partial charge in [0.25, 0.3) is 0 Å². The summed E-state index contributed by atoms with van der Waals surface area (Å²) < 4.78 is 147. The summed E-state index contributed by atoms with van der Waals surface area (Å²) >= 11 is 0. The van der Waals surface area contributed by atoms with Gasteiger partial charge in [-0.2, -0.15) is 43.9 Å². The molecule has 0 saturated heterocycles. The first-order valence-corrected chi connectivity index (χ1v) is 4.65. The predicted molar refractivity (Wildman–Crippen MR) is 43.5 cm³/mol. The zero-order valence-electron chi connectivity index (χ0n) is 9.40. The Balaban J connectivity index is 5.90. The second-order valence-electron chi connectivity index (χ2n) is 3.79. The van der Waals surface area contributed by atoms with Crippen LogP contribution in [0.25, 0.3) is 0 Å². The lowest BCUT2D eigenvalue weighted by Crippen LogP contribution is -2.44. The normalized spacial score (nSPS) is 17.6. The third kappa shape index (κ3) is 5.28. The fourth-order valence-electron chi connectivity index (χ4n) is 1.13. The van der Waals surface area contributed by atoms with Crippen LogP contribution in [-0.2, 0) is 0 Å². The highest BCUT2D eigenvalue weighted by Gasteiger charge is 2.63. The minimum atomic E-state index is -6.35. The van der Waals surface area contributed by atoms with Gasteiger partial charge in [0.05, 0.1) is 6.42 Å². The van der Waals surface area contributed by atoms with Gasteiger partial charge in [-0.15, -0.1) is 0 Å². The molecule has 0 aromatic rings. The molecular formula is C8H5F12N. The van der Waals surface area contributed by atoms with Crippen LogP contribution >= 0.6 is 0 Å². The lowest BCUT2D eigenvalue weighted by Gasteiger charge is -2.28. The Kier molecular flexibility index (Phi) is 5.27. The molecule has 0 unspecified atom stereocenters. The number of hydrogen-bond acceptors (Lipinski definition) is 1. The minimum Gasteiger partial charge on any atom is -0.266 e. The summed E-state index contributed by atoms with van der Waals surface area (Å²) in [5.74, 6) is -18.8. The van der Waals surface area contributed by atoms with Crippen molar-refractivity contribution in [1.82, 2.24) is 0 Å². The molecule has 0 fully saturated rings. The Labute approximate surface area is 108 Å². The molecule has 2 N–H and O–H groups in total. The second-order valence-corrected chi connectivity index (χ2v) is 3.79. The van der Waals surface area contributed by atoms with E-state index in [1.54, 1.807) is 0 Å². The first-order chi connectivity index (χ1) is 8.90. The van der Waals surface area contributed by atoms with Crippen molar-refractivity contribution in [3.8, 4) is 0 Å². The fraction of sp³-hybridized carbons (Fsp3) is 0.750. The highest BCUT2D eigenvalue weighted by atomic mass is 19.4. The van der Waals surface area contributed by atoms with Crippen LogP contribution in [0.5, 0.6) is 0 Å². The van der Waals surface area contributed by atoms with Crippen molar-refractivity contribution in [1.29, 1.82) is 0 Å². The van der Waals surface area contributed by atoms with Crippen molar-refractivity contribution in [2.45, 2.75) is 30.7 Å². The number of hydrogen-bond donors (Lipinski definition) is 1. The van der Waals surface area contributed by atoms with E-state index in [4.69, 9.17) is 0 Å². The minimum absolute atomic E-state index is 3.31. The summed E-state index contributed by atoms with van der Waals surface area (Å²) in [7, 11) is 0. The molecule has 126 valence electrons. The standard InChI is InChI=1S/C8H5F12N/c9-3(4(10)8(19,20)21)6(14,15)2(7(16,17)18)1-5(11,12)13/h2H,1,21H2/b4-3+/t2-/m0/s1. The van der Waals surface area contributed by atoms with Crippen LogP contribution in [0.15, 0.2) is 11.7 Å². The van der Waals surface area contributed by atoms with Gasteiger partial charge in [-0.3, -0.25) is 5.73 Å². The Morgan fingerprint density at radius 2 is 1.14 bits per heavy atom. The van der Waals surface area contributed by atoms with E-state index in [1.807, 2.05) is 0 Å². The lowest BCUT2D eigenvalue weighted by atomic mass is 9.94. The third-order valence-corrected chi connectivity index (χ3v) is 2.05. The zero-order chi connectivity index (χ0) is 17.4. The summed E-state index contributed by atoms with van der Waals surface area (Å²) in [5, 5.41) is 0. The predicted octanol–water partition coefficient (Wildman–Crippen LogP) is 4.45. The van der Waals surface area contributed by atoms with Crippen LogP contribution in [0, 0.1) is 5.92 Å². The molecule has 0 rings (SSSR count). The average molecular weight is 343 g/mol. The highest BCUT2D eigenvalue weighted by molar-refractivity contribution is 5.17. The monoisotopic (exact) mass is 343 g/mol. The van der Waals surface area contributed by atoms with Gasteiger partial charge in [0.1, 0.15) is 5.92 Å². The van der Waals surface area contributed by atoms with Gasteiger partial charge >= 0.3 is 24.3 Å². The van der Waals surface area contributed by atoms with Crippen molar-refractivity contribution in [2.24, 2.45) is 11.7 Å². The molecule has 0 aromatic carbocycles. The highest BCUT2D eigenvalue weighted by Crippen LogP contribution is 2.49. The maximum atomic E-state index is 13.0. The van der Waals surface area contributed by atoms with E-state index >= 15 is 0 Å². The van der Waals surface area contributed by atoms with Gasteiger partial charge < -0.3 is 0 Å². The van der Waals surface area contributed by atoms with Crippen molar-refractivity contribution in [2.75, 3.05) is 0 Å². The van der Waals surface area contributed by atoms with E-state index in [9.17, 15) is 52.7 Å². The van der Waals surface area contributed by atoms with Gasteiger partial charge in [0.2, 0.25) is 11.7 Å². The Bertz CT molecular complexity index is 397. The van der Waals surface area contributed by atoms with Crippen molar-refractivity contribution in [3.05, 3.63) is 11.7 Å². The van der Waals surface area contributed by atoms with Crippen molar-refractivity contribution in [3.63, 3.8) is 0 Å². The van der Waals surface area contributed by atoms with Crippen LogP contribution in [0.1, 0.15) is 6.42 Å². The van der Waals surface area contributed by atoms with Crippen LogP contribution in [0.3, 0.4) is 0 Å². The Morgan fingerprint density at radius 1 is 0.762 bits per heavy atom. The summed E-state index contributed by atoms with van der Waals surface area (Å²) in [6, 6.07) is -5.41. The number of rotatable bonds is 4. The van der Waals surface area contributed by atoms with Crippen molar-refractivity contribution >= 4 is 0 Å².